The van der Waals surface area contributed by atoms with Crippen molar-refractivity contribution in [3.05, 3.63) is 81.0 Å². The molecule has 150 valence electrons. The van der Waals surface area contributed by atoms with Gasteiger partial charge in [0.2, 0.25) is 0 Å². The molecule has 0 fully saturated rings. The maximum Gasteiger partial charge on any atom is 0.336 e. The minimum atomic E-state index is -0.307. The lowest BCUT2D eigenvalue weighted by Crippen LogP contribution is -2.05. The third-order valence-corrected chi connectivity index (χ3v) is 4.35. The minimum Gasteiger partial charge on any atom is -0.423 e. The van der Waals surface area contributed by atoms with Gasteiger partial charge in [-0.25, -0.2) is 9.59 Å². The molecule has 0 atom stereocenters. The molecule has 4 rings (SSSR count). The lowest BCUT2D eigenvalue weighted by atomic mass is 10.1. The van der Waals surface area contributed by atoms with Crippen molar-refractivity contribution < 1.29 is 8.83 Å². The van der Waals surface area contributed by atoms with Crippen LogP contribution in [0.15, 0.2) is 73.0 Å². The standard InChI is InChI=1S/C14H18N2O2.C9H6O2/c1-4-15-11-7-10-9(3)6-14(17)18-13(10)8-12(11)16-5-2;10-9-6-5-7-3-1-2-4-8(7)11-9/h6-8,15-16H,4-5H2,1-3H3;1-6H. The van der Waals surface area contributed by atoms with E-state index in [1.807, 2.05) is 44.2 Å². The van der Waals surface area contributed by atoms with Gasteiger partial charge in [0.15, 0.2) is 0 Å². The van der Waals surface area contributed by atoms with Crippen LogP contribution in [0, 0.1) is 6.92 Å². The van der Waals surface area contributed by atoms with Crippen molar-refractivity contribution in [2.24, 2.45) is 0 Å². The molecule has 2 aromatic heterocycles. The largest absolute Gasteiger partial charge is 0.423 e. The topological polar surface area (TPSA) is 84.5 Å². The fourth-order valence-corrected chi connectivity index (χ4v) is 3.05. The minimum absolute atomic E-state index is 0.302. The zero-order valence-electron chi connectivity index (χ0n) is 16.7. The van der Waals surface area contributed by atoms with Crippen LogP contribution >= 0.6 is 0 Å². The SMILES string of the molecule is CCNc1cc2oc(=O)cc(C)c2cc1NCC.O=c1ccc2ccccc2o1. The molecule has 2 heterocycles. The molecule has 0 aliphatic heterocycles. The van der Waals surface area contributed by atoms with E-state index in [1.165, 1.54) is 12.1 Å². The Kier molecular flexibility index (Phi) is 6.34. The fourth-order valence-electron chi connectivity index (χ4n) is 3.05. The molecule has 2 N–H and O–H groups in total. The van der Waals surface area contributed by atoms with E-state index in [-0.39, 0.29) is 11.3 Å². The summed E-state index contributed by atoms with van der Waals surface area (Å²) in [6, 6.07) is 16.0. The van der Waals surface area contributed by atoms with Crippen LogP contribution in [0.2, 0.25) is 0 Å². The lowest BCUT2D eigenvalue weighted by Gasteiger charge is -2.13. The average Bonchev–Trinajstić information content (AvgIpc) is 2.69. The van der Waals surface area contributed by atoms with Crippen molar-refractivity contribution in [2.75, 3.05) is 23.7 Å². The highest BCUT2D eigenvalue weighted by Crippen LogP contribution is 2.29. The summed E-state index contributed by atoms with van der Waals surface area (Å²) in [5.41, 5.74) is 3.58. The first-order chi connectivity index (χ1) is 14.0. The normalized spacial score (nSPS) is 10.4. The van der Waals surface area contributed by atoms with Crippen molar-refractivity contribution in [1.82, 2.24) is 0 Å². The molecule has 0 spiro atoms. The highest BCUT2D eigenvalue weighted by Gasteiger charge is 2.08. The summed E-state index contributed by atoms with van der Waals surface area (Å²) in [6.07, 6.45) is 0. The molecule has 0 amide bonds. The highest BCUT2D eigenvalue weighted by molar-refractivity contribution is 5.90. The molecule has 6 nitrogen and oxygen atoms in total. The second-order valence-corrected chi connectivity index (χ2v) is 6.50. The number of rotatable bonds is 4. The van der Waals surface area contributed by atoms with E-state index < -0.39 is 0 Å². The van der Waals surface area contributed by atoms with E-state index in [1.54, 1.807) is 12.1 Å². The van der Waals surface area contributed by atoms with E-state index in [9.17, 15) is 9.59 Å². The Bertz CT molecular complexity index is 1240. The van der Waals surface area contributed by atoms with Crippen molar-refractivity contribution in [3.8, 4) is 0 Å². The summed E-state index contributed by atoms with van der Waals surface area (Å²) in [6.45, 7) is 7.67. The van der Waals surface area contributed by atoms with Gasteiger partial charge in [0.25, 0.3) is 0 Å². The molecule has 0 aliphatic rings. The summed E-state index contributed by atoms with van der Waals surface area (Å²) in [7, 11) is 0. The quantitative estimate of drug-likeness (QED) is 0.487. The first kappa shape index (κ1) is 20.2. The van der Waals surface area contributed by atoms with E-state index in [0.29, 0.717) is 11.2 Å². The first-order valence-corrected chi connectivity index (χ1v) is 9.57. The van der Waals surface area contributed by atoms with Gasteiger partial charge >= 0.3 is 11.3 Å². The monoisotopic (exact) mass is 392 g/mol. The van der Waals surface area contributed by atoms with Crippen LogP contribution in [0.3, 0.4) is 0 Å². The smallest absolute Gasteiger partial charge is 0.336 e. The molecule has 6 heteroatoms. The Morgan fingerprint density at radius 1 is 0.759 bits per heavy atom. The second-order valence-electron chi connectivity index (χ2n) is 6.50. The molecule has 0 saturated heterocycles. The van der Waals surface area contributed by atoms with Crippen LogP contribution in [0.4, 0.5) is 11.4 Å². The van der Waals surface area contributed by atoms with Crippen molar-refractivity contribution in [1.29, 1.82) is 0 Å². The number of hydrogen-bond acceptors (Lipinski definition) is 6. The van der Waals surface area contributed by atoms with Gasteiger partial charge < -0.3 is 19.5 Å². The Hall–Kier alpha value is -3.54. The van der Waals surface area contributed by atoms with Crippen LogP contribution in [0.1, 0.15) is 19.4 Å². The molecule has 0 unspecified atom stereocenters. The Labute approximate surface area is 168 Å². The number of hydrogen-bond donors (Lipinski definition) is 2. The van der Waals surface area contributed by atoms with Gasteiger partial charge in [0.1, 0.15) is 11.2 Å². The van der Waals surface area contributed by atoms with Gasteiger partial charge in [-0.1, -0.05) is 18.2 Å². The molecule has 0 aliphatic carbocycles. The van der Waals surface area contributed by atoms with Gasteiger partial charge in [-0.15, -0.1) is 0 Å². The van der Waals surface area contributed by atoms with Crippen LogP contribution < -0.4 is 21.9 Å². The molecule has 0 bridgehead atoms. The van der Waals surface area contributed by atoms with Gasteiger partial charge in [-0.05, 0) is 44.5 Å². The molecule has 2 aromatic carbocycles. The molecule has 0 radical (unpaired) electrons. The number of benzene rings is 2. The predicted molar refractivity (Wildman–Crippen MR) is 118 cm³/mol. The number of fused-ring (bicyclic) bond motifs is 2. The van der Waals surface area contributed by atoms with Crippen LogP contribution in [-0.4, -0.2) is 13.1 Å². The number of para-hydroxylation sites is 1. The third kappa shape index (κ3) is 4.85. The van der Waals surface area contributed by atoms with E-state index in [0.717, 1.165) is 40.8 Å². The third-order valence-electron chi connectivity index (χ3n) is 4.35. The molecule has 4 aromatic rings. The second kappa shape index (κ2) is 9.10. The summed E-state index contributed by atoms with van der Waals surface area (Å²) in [5.74, 6) is 0. The molecular weight excluding hydrogens is 368 g/mol. The summed E-state index contributed by atoms with van der Waals surface area (Å²) < 4.78 is 10.1. The predicted octanol–water partition coefficient (Wildman–Crippen LogP) is 4.76. The van der Waals surface area contributed by atoms with Crippen LogP contribution in [0.25, 0.3) is 21.9 Å². The van der Waals surface area contributed by atoms with Crippen LogP contribution in [-0.2, 0) is 0 Å². The molecule has 0 saturated carbocycles. The van der Waals surface area contributed by atoms with E-state index in [4.69, 9.17) is 8.83 Å². The highest BCUT2D eigenvalue weighted by atomic mass is 16.4. The van der Waals surface area contributed by atoms with Gasteiger partial charge in [0.05, 0.1) is 11.4 Å². The number of nitrogens with one attached hydrogen (secondary N) is 2. The zero-order valence-corrected chi connectivity index (χ0v) is 16.7. The van der Waals surface area contributed by atoms with E-state index in [2.05, 4.69) is 17.6 Å². The Morgan fingerprint density at radius 3 is 2.14 bits per heavy atom. The van der Waals surface area contributed by atoms with Crippen molar-refractivity contribution in [2.45, 2.75) is 20.8 Å². The maximum absolute atomic E-state index is 11.4. The first-order valence-electron chi connectivity index (χ1n) is 9.57. The fraction of sp³-hybridized carbons (Fsp3) is 0.217. The van der Waals surface area contributed by atoms with Crippen molar-refractivity contribution in [3.63, 3.8) is 0 Å². The lowest BCUT2D eigenvalue weighted by molar-refractivity contribution is 0.560. The molecule has 29 heavy (non-hydrogen) atoms. The zero-order chi connectivity index (χ0) is 20.8. The average molecular weight is 392 g/mol. The van der Waals surface area contributed by atoms with Gasteiger partial charge in [0, 0.05) is 42.1 Å². The number of anilines is 2. The Balaban J connectivity index is 0.000000186. The number of aryl methyl sites for hydroxylation is 1. The summed E-state index contributed by atoms with van der Waals surface area (Å²) >= 11 is 0. The summed E-state index contributed by atoms with van der Waals surface area (Å²) in [5, 5.41) is 8.50. The van der Waals surface area contributed by atoms with Crippen LogP contribution in [0.5, 0.6) is 0 Å². The van der Waals surface area contributed by atoms with Gasteiger partial charge in [-0.3, -0.25) is 0 Å². The maximum atomic E-state index is 11.4. The van der Waals surface area contributed by atoms with Crippen molar-refractivity contribution >= 4 is 33.3 Å². The van der Waals surface area contributed by atoms with Gasteiger partial charge in [-0.2, -0.15) is 0 Å². The Morgan fingerprint density at radius 2 is 1.41 bits per heavy atom. The van der Waals surface area contributed by atoms with E-state index >= 15 is 0 Å². The summed E-state index contributed by atoms with van der Waals surface area (Å²) in [4.78, 5) is 22.1. The molecular formula is C23H24N2O4.